The van der Waals surface area contributed by atoms with E-state index in [1.54, 1.807) is 12.4 Å². The Bertz CT molecular complexity index is 622. The van der Waals surface area contributed by atoms with Gasteiger partial charge in [-0.05, 0) is 34.3 Å². The average molecular weight is 374 g/mol. The molecule has 1 aromatic carbocycles. The smallest absolute Gasteiger partial charge is 0.316 e. The van der Waals surface area contributed by atoms with Gasteiger partial charge in [0.1, 0.15) is 6.10 Å². The Labute approximate surface area is 145 Å². The second-order valence-corrected chi connectivity index (χ2v) is 6.53. The van der Waals surface area contributed by atoms with Crippen molar-refractivity contribution in [1.29, 1.82) is 0 Å². The van der Waals surface area contributed by atoms with Crippen molar-refractivity contribution in [2.24, 2.45) is 0 Å². The summed E-state index contributed by atoms with van der Waals surface area (Å²) >= 11 is 3.33. The van der Waals surface area contributed by atoms with E-state index in [2.05, 4.69) is 67.2 Å². The van der Waals surface area contributed by atoms with Crippen molar-refractivity contribution in [3.05, 3.63) is 58.8 Å². The maximum Gasteiger partial charge on any atom is 0.316 e. The molecule has 0 spiro atoms. The number of hydrogen-bond acceptors (Lipinski definition) is 4. The summed E-state index contributed by atoms with van der Waals surface area (Å²) < 4.78 is 6.71. The number of halogens is 1. The van der Waals surface area contributed by atoms with Crippen molar-refractivity contribution >= 4 is 22.0 Å². The van der Waals surface area contributed by atoms with Gasteiger partial charge >= 0.3 is 6.01 Å². The highest BCUT2D eigenvalue weighted by molar-refractivity contribution is 9.10. The Kier molecular flexibility index (Phi) is 5.77. The summed E-state index contributed by atoms with van der Waals surface area (Å²) in [6.45, 7) is 3.07. The fourth-order valence-electron chi connectivity index (χ4n) is 2.62. The Morgan fingerprint density at radius 1 is 1.13 bits per heavy atom. The standard InChI is InChI=1S/C18H20BrN3O/c19-16-13-20-18(21-14-16)23-17-8-11-22(12-9-17)10-4-7-15-5-2-1-3-6-15/h1-7,13-14,17H,8-12H2. The number of benzene rings is 1. The van der Waals surface area contributed by atoms with Crippen LogP contribution in [0.25, 0.3) is 6.08 Å². The van der Waals surface area contributed by atoms with Crippen molar-refractivity contribution in [3.8, 4) is 6.01 Å². The Morgan fingerprint density at radius 2 is 1.83 bits per heavy atom. The highest BCUT2D eigenvalue weighted by Gasteiger charge is 2.20. The molecule has 1 fully saturated rings. The number of rotatable bonds is 5. The lowest BCUT2D eigenvalue weighted by atomic mass is 10.1. The van der Waals surface area contributed by atoms with Crippen LogP contribution in [0.2, 0.25) is 0 Å². The molecule has 23 heavy (non-hydrogen) atoms. The molecule has 1 aliphatic rings. The molecule has 3 rings (SSSR count). The fraction of sp³-hybridized carbons (Fsp3) is 0.333. The van der Waals surface area contributed by atoms with Gasteiger partial charge in [-0.1, -0.05) is 42.5 Å². The first-order valence-electron chi connectivity index (χ1n) is 7.88. The van der Waals surface area contributed by atoms with Gasteiger partial charge in [0.15, 0.2) is 0 Å². The van der Waals surface area contributed by atoms with Crippen LogP contribution in [-0.2, 0) is 0 Å². The van der Waals surface area contributed by atoms with Crippen molar-refractivity contribution in [2.75, 3.05) is 19.6 Å². The molecule has 0 bridgehead atoms. The summed E-state index contributed by atoms with van der Waals surface area (Å²) in [4.78, 5) is 10.8. The first-order chi connectivity index (χ1) is 11.3. The van der Waals surface area contributed by atoms with Crippen LogP contribution in [0.3, 0.4) is 0 Å². The van der Waals surface area contributed by atoms with Crippen molar-refractivity contribution < 1.29 is 4.74 Å². The van der Waals surface area contributed by atoms with Gasteiger partial charge in [0, 0.05) is 32.0 Å². The summed E-state index contributed by atoms with van der Waals surface area (Å²) in [5, 5.41) is 0. The normalized spacial score (nSPS) is 16.7. The molecule has 0 atom stereocenters. The van der Waals surface area contributed by atoms with Gasteiger partial charge in [0.25, 0.3) is 0 Å². The van der Waals surface area contributed by atoms with Crippen molar-refractivity contribution in [2.45, 2.75) is 18.9 Å². The van der Waals surface area contributed by atoms with Crippen LogP contribution in [0.4, 0.5) is 0 Å². The molecule has 0 aliphatic carbocycles. The van der Waals surface area contributed by atoms with E-state index in [0.29, 0.717) is 6.01 Å². The van der Waals surface area contributed by atoms with Gasteiger partial charge in [0.05, 0.1) is 4.47 Å². The van der Waals surface area contributed by atoms with Crippen LogP contribution in [0.15, 0.2) is 53.3 Å². The van der Waals surface area contributed by atoms with E-state index in [1.165, 1.54) is 5.56 Å². The van der Waals surface area contributed by atoms with Crippen LogP contribution in [-0.4, -0.2) is 40.6 Å². The van der Waals surface area contributed by atoms with Gasteiger partial charge < -0.3 is 4.74 Å². The van der Waals surface area contributed by atoms with E-state index in [9.17, 15) is 0 Å². The van der Waals surface area contributed by atoms with Crippen LogP contribution in [0.1, 0.15) is 18.4 Å². The number of aromatic nitrogens is 2. The summed E-state index contributed by atoms with van der Waals surface area (Å²) in [6, 6.07) is 10.9. The molecular formula is C18H20BrN3O. The number of ether oxygens (including phenoxy) is 1. The molecule has 120 valence electrons. The molecule has 0 radical (unpaired) electrons. The van der Waals surface area contributed by atoms with Crippen LogP contribution in [0.5, 0.6) is 6.01 Å². The minimum atomic E-state index is 0.213. The van der Waals surface area contributed by atoms with E-state index < -0.39 is 0 Å². The predicted molar refractivity (Wildman–Crippen MR) is 95.3 cm³/mol. The average Bonchev–Trinajstić information content (AvgIpc) is 2.59. The van der Waals surface area contributed by atoms with E-state index >= 15 is 0 Å². The monoisotopic (exact) mass is 373 g/mol. The minimum absolute atomic E-state index is 0.213. The molecule has 0 unspecified atom stereocenters. The van der Waals surface area contributed by atoms with Gasteiger partial charge in [-0.25, -0.2) is 9.97 Å². The molecule has 4 nitrogen and oxygen atoms in total. The summed E-state index contributed by atoms with van der Waals surface area (Å²) in [6.07, 6.45) is 10.1. The Morgan fingerprint density at radius 3 is 2.52 bits per heavy atom. The third-order valence-electron chi connectivity index (χ3n) is 3.88. The Hall–Kier alpha value is -1.72. The Balaban J connectivity index is 1.41. The number of nitrogens with zero attached hydrogens (tertiary/aromatic N) is 3. The van der Waals surface area contributed by atoms with Gasteiger partial charge in [-0.2, -0.15) is 0 Å². The summed E-state index contributed by atoms with van der Waals surface area (Å²) in [7, 11) is 0. The quantitative estimate of drug-likeness (QED) is 0.798. The second kappa shape index (κ2) is 8.22. The second-order valence-electron chi connectivity index (χ2n) is 5.61. The minimum Gasteiger partial charge on any atom is -0.460 e. The molecule has 2 heterocycles. The van der Waals surface area contributed by atoms with Crippen LogP contribution < -0.4 is 4.74 Å². The molecule has 2 aromatic rings. The number of hydrogen-bond donors (Lipinski definition) is 0. The number of piperidine rings is 1. The molecule has 0 saturated carbocycles. The van der Waals surface area contributed by atoms with Crippen molar-refractivity contribution in [1.82, 2.24) is 14.9 Å². The lowest BCUT2D eigenvalue weighted by molar-refractivity contribution is 0.0985. The molecule has 0 amide bonds. The fourth-order valence-corrected chi connectivity index (χ4v) is 2.83. The number of likely N-dealkylation sites (tertiary alicyclic amines) is 1. The van der Waals surface area contributed by atoms with Crippen molar-refractivity contribution in [3.63, 3.8) is 0 Å². The zero-order valence-corrected chi connectivity index (χ0v) is 14.5. The zero-order valence-electron chi connectivity index (χ0n) is 12.9. The molecule has 1 aliphatic heterocycles. The molecular weight excluding hydrogens is 354 g/mol. The van der Waals surface area contributed by atoms with E-state index in [-0.39, 0.29) is 6.10 Å². The maximum absolute atomic E-state index is 5.84. The third-order valence-corrected chi connectivity index (χ3v) is 4.29. The topological polar surface area (TPSA) is 38.2 Å². The largest absolute Gasteiger partial charge is 0.460 e. The molecule has 0 N–H and O–H groups in total. The van der Waals surface area contributed by atoms with Gasteiger partial charge in [-0.3, -0.25) is 4.90 Å². The first kappa shape index (κ1) is 16.1. The van der Waals surface area contributed by atoms with E-state index in [4.69, 9.17) is 4.74 Å². The zero-order chi connectivity index (χ0) is 15.9. The van der Waals surface area contributed by atoms with Gasteiger partial charge in [0.2, 0.25) is 0 Å². The van der Waals surface area contributed by atoms with Gasteiger partial charge in [-0.15, -0.1) is 0 Å². The predicted octanol–water partition coefficient (Wildman–Crippen LogP) is 3.80. The summed E-state index contributed by atoms with van der Waals surface area (Å²) in [5.74, 6) is 0. The van der Waals surface area contributed by atoms with Crippen LogP contribution >= 0.6 is 15.9 Å². The molecule has 5 heteroatoms. The van der Waals surface area contributed by atoms with Crippen LogP contribution in [0, 0.1) is 0 Å². The van der Waals surface area contributed by atoms with E-state index in [1.807, 2.05) is 6.07 Å². The lowest BCUT2D eigenvalue weighted by Crippen LogP contribution is -2.38. The third kappa shape index (κ3) is 5.15. The van der Waals surface area contributed by atoms with E-state index in [0.717, 1.165) is 36.9 Å². The SMILES string of the molecule is Brc1cnc(OC2CCN(CC=Cc3ccccc3)CC2)nc1. The first-order valence-corrected chi connectivity index (χ1v) is 8.67. The maximum atomic E-state index is 5.84. The molecule has 1 aromatic heterocycles. The molecule has 1 saturated heterocycles. The highest BCUT2D eigenvalue weighted by Crippen LogP contribution is 2.17. The highest BCUT2D eigenvalue weighted by atomic mass is 79.9. The summed E-state index contributed by atoms with van der Waals surface area (Å²) in [5.41, 5.74) is 1.25. The lowest BCUT2D eigenvalue weighted by Gasteiger charge is -2.30.